The number of aliphatic hydroxyl groups excluding tert-OH is 2. The summed E-state index contributed by atoms with van der Waals surface area (Å²) >= 11 is 0. The molecule has 0 aliphatic rings. The maximum absolute atomic E-state index is 9.30. The van der Waals surface area contributed by atoms with Gasteiger partial charge in [-0.05, 0) is 26.3 Å². The van der Waals surface area contributed by atoms with Crippen molar-refractivity contribution in [1.29, 1.82) is 0 Å². The Labute approximate surface area is 97.3 Å². The van der Waals surface area contributed by atoms with Gasteiger partial charge in [-0.3, -0.25) is 0 Å². The lowest BCUT2D eigenvalue weighted by atomic mass is 10.1. The summed E-state index contributed by atoms with van der Waals surface area (Å²) in [5, 5.41) is 18.2. The molecule has 0 heterocycles. The van der Waals surface area contributed by atoms with E-state index < -0.39 is 0 Å². The van der Waals surface area contributed by atoms with Gasteiger partial charge in [-0.15, -0.1) is 0 Å². The third-order valence-corrected chi connectivity index (χ3v) is 2.65. The molecule has 0 atom stereocenters. The van der Waals surface area contributed by atoms with E-state index in [4.69, 9.17) is 5.11 Å². The molecule has 1 aromatic rings. The number of rotatable bonds is 6. The zero-order chi connectivity index (χ0) is 12.0. The van der Waals surface area contributed by atoms with Crippen LogP contribution in [-0.4, -0.2) is 29.4 Å². The third kappa shape index (κ3) is 3.22. The van der Waals surface area contributed by atoms with Gasteiger partial charge in [0, 0.05) is 30.4 Å². The Kier molecular flexibility index (Phi) is 5.29. The molecule has 0 bridgehead atoms. The molecule has 1 rings (SSSR count). The van der Waals surface area contributed by atoms with E-state index in [0.29, 0.717) is 6.04 Å². The summed E-state index contributed by atoms with van der Waals surface area (Å²) in [6, 6.07) is 8.22. The Hall–Kier alpha value is -1.06. The number of benzene rings is 1. The van der Waals surface area contributed by atoms with Crippen LogP contribution >= 0.6 is 0 Å². The zero-order valence-electron chi connectivity index (χ0n) is 10.1. The number of nitrogens with zero attached hydrogens (tertiary/aromatic N) is 1. The molecule has 0 fully saturated rings. The van der Waals surface area contributed by atoms with E-state index in [9.17, 15) is 5.11 Å². The number of para-hydroxylation sites is 1. The van der Waals surface area contributed by atoms with E-state index in [0.717, 1.165) is 24.2 Å². The number of hydrogen-bond donors (Lipinski definition) is 2. The molecule has 3 heteroatoms. The predicted octanol–water partition coefficient (Wildman–Crippen LogP) is 1.78. The van der Waals surface area contributed by atoms with Crippen LogP contribution in [0.25, 0.3) is 0 Å². The van der Waals surface area contributed by atoms with Gasteiger partial charge in [0.15, 0.2) is 0 Å². The summed E-state index contributed by atoms with van der Waals surface area (Å²) in [7, 11) is 0. The van der Waals surface area contributed by atoms with E-state index in [1.807, 2.05) is 24.3 Å². The second-order valence-corrected chi connectivity index (χ2v) is 4.15. The lowest BCUT2D eigenvalue weighted by Gasteiger charge is -2.30. The molecule has 0 saturated heterocycles. The molecule has 0 aliphatic carbocycles. The van der Waals surface area contributed by atoms with Gasteiger partial charge >= 0.3 is 0 Å². The molecule has 0 spiro atoms. The fourth-order valence-electron chi connectivity index (χ4n) is 1.82. The standard InChI is InChI=1S/C13H21NO2/c1-11(2)14(8-5-9-15)13-7-4-3-6-12(13)10-16/h3-4,6-7,11,15-16H,5,8-10H2,1-2H3. The van der Waals surface area contributed by atoms with Gasteiger partial charge < -0.3 is 15.1 Å². The Morgan fingerprint density at radius 3 is 2.44 bits per heavy atom. The quantitative estimate of drug-likeness (QED) is 0.772. The van der Waals surface area contributed by atoms with Gasteiger partial charge in [0.25, 0.3) is 0 Å². The van der Waals surface area contributed by atoms with E-state index in [1.54, 1.807) is 0 Å². The fourth-order valence-corrected chi connectivity index (χ4v) is 1.82. The molecule has 3 nitrogen and oxygen atoms in total. The highest BCUT2D eigenvalue weighted by atomic mass is 16.3. The van der Waals surface area contributed by atoms with Crippen LogP contribution < -0.4 is 4.90 Å². The van der Waals surface area contributed by atoms with Gasteiger partial charge in [0.1, 0.15) is 0 Å². The summed E-state index contributed by atoms with van der Waals surface area (Å²) < 4.78 is 0. The topological polar surface area (TPSA) is 43.7 Å². The minimum Gasteiger partial charge on any atom is -0.396 e. The number of aliphatic hydroxyl groups is 2. The van der Waals surface area contributed by atoms with Crippen molar-refractivity contribution in [3.05, 3.63) is 29.8 Å². The monoisotopic (exact) mass is 223 g/mol. The first kappa shape index (κ1) is 13.0. The van der Waals surface area contributed by atoms with Crippen LogP contribution in [0, 0.1) is 0 Å². The van der Waals surface area contributed by atoms with Crippen LogP contribution in [0.1, 0.15) is 25.8 Å². The summed E-state index contributed by atoms with van der Waals surface area (Å²) in [6.45, 7) is 5.30. The van der Waals surface area contributed by atoms with Crippen molar-refractivity contribution >= 4 is 5.69 Å². The number of anilines is 1. The van der Waals surface area contributed by atoms with Crippen LogP contribution in [0.2, 0.25) is 0 Å². The van der Waals surface area contributed by atoms with Gasteiger partial charge in [-0.2, -0.15) is 0 Å². The highest BCUT2D eigenvalue weighted by Crippen LogP contribution is 2.22. The lowest BCUT2D eigenvalue weighted by Crippen LogP contribution is -2.33. The largest absolute Gasteiger partial charge is 0.396 e. The molecule has 0 unspecified atom stereocenters. The van der Waals surface area contributed by atoms with E-state index in [1.165, 1.54) is 0 Å². The average Bonchev–Trinajstić information content (AvgIpc) is 2.29. The third-order valence-electron chi connectivity index (χ3n) is 2.65. The van der Waals surface area contributed by atoms with Crippen molar-refractivity contribution < 1.29 is 10.2 Å². The zero-order valence-corrected chi connectivity index (χ0v) is 10.1. The lowest BCUT2D eigenvalue weighted by molar-refractivity contribution is 0.280. The first-order chi connectivity index (χ1) is 7.70. The highest BCUT2D eigenvalue weighted by molar-refractivity contribution is 5.54. The first-order valence-corrected chi connectivity index (χ1v) is 5.77. The molecule has 0 saturated carbocycles. The Balaban J connectivity index is 2.91. The van der Waals surface area contributed by atoms with E-state index in [2.05, 4.69) is 18.7 Å². The Bertz CT molecular complexity index is 313. The van der Waals surface area contributed by atoms with Gasteiger partial charge in [0.05, 0.1) is 6.61 Å². The maximum atomic E-state index is 9.30. The second-order valence-electron chi connectivity index (χ2n) is 4.15. The van der Waals surface area contributed by atoms with E-state index in [-0.39, 0.29) is 13.2 Å². The fraction of sp³-hybridized carbons (Fsp3) is 0.538. The Morgan fingerprint density at radius 2 is 1.88 bits per heavy atom. The maximum Gasteiger partial charge on any atom is 0.0702 e. The normalized spacial score (nSPS) is 10.8. The molecule has 1 aromatic carbocycles. The predicted molar refractivity (Wildman–Crippen MR) is 66.5 cm³/mol. The van der Waals surface area contributed by atoms with Crippen LogP contribution in [0.5, 0.6) is 0 Å². The summed E-state index contributed by atoms with van der Waals surface area (Å²) in [5.41, 5.74) is 2.00. The molecule has 16 heavy (non-hydrogen) atoms. The molecule has 0 radical (unpaired) electrons. The molecular weight excluding hydrogens is 202 g/mol. The summed E-state index contributed by atoms with van der Waals surface area (Å²) in [5.74, 6) is 0. The van der Waals surface area contributed by atoms with Gasteiger partial charge in [-0.1, -0.05) is 18.2 Å². The van der Waals surface area contributed by atoms with Gasteiger partial charge in [-0.25, -0.2) is 0 Å². The van der Waals surface area contributed by atoms with Crippen molar-refractivity contribution in [3.8, 4) is 0 Å². The average molecular weight is 223 g/mol. The van der Waals surface area contributed by atoms with Crippen molar-refractivity contribution in [2.75, 3.05) is 18.1 Å². The van der Waals surface area contributed by atoms with Crippen molar-refractivity contribution in [2.24, 2.45) is 0 Å². The molecule has 90 valence electrons. The SMILES string of the molecule is CC(C)N(CCCO)c1ccccc1CO. The van der Waals surface area contributed by atoms with Crippen LogP contribution in [0.15, 0.2) is 24.3 Å². The summed E-state index contributed by atoms with van der Waals surface area (Å²) in [4.78, 5) is 2.21. The smallest absolute Gasteiger partial charge is 0.0702 e. The molecule has 2 N–H and O–H groups in total. The molecule has 0 aromatic heterocycles. The molecule has 0 amide bonds. The first-order valence-electron chi connectivity index (χ1n) is 5.77. The Morgan fingerprint density at radius 1 is 1.19 bits per heavy atom. The van der Waals surface area contributed by atoms with Crippen molar-refractivity contribution in [2.45, 2.75) is 32.9 Å². The second kappa shape index (κ2) is 6.51. The minimum atomic E-state index is 0.0541. The summed E-state index contributed by atoms with van der Waals surface area (Å²) in [6.07, 6.45) is 0.748. The molecule has 0 aliphatic heterocycles. The van der Waals surface area contributed by atoms with Crippen LogP contribution in [-0.2, 0) is 6.61 Å². The van der Waals surface area contributed by atoms with Crippen LogP contribution in [0.4, 0.5) is 5.69 Å². The van der Waals surface area contributed by atoms with Crippen molar-refractivity contribution in [1.82, 2.24) is 0 Å². The highest BCUT2D eigenvalue weighted by Gasteiger charge is 2.12. The number of hydrogen-bond acceptors (Lipinski definition) is 3. The van der Waals surface area contributed by atoms with Crippen LogP contribution in [0.3, 0.4) is 0 Å². The van der Waals surface area contributed by atoms with E-state index >= 15 is 0 Å². The van der Waals surface area contributed by atoms with Crippen molar-refractivity contribution in [3.63, 3.8) is 0 Å². The van der Waals surface area contributed by atoms with Gasteiger partial charge in [0.2, 0.25) is 0 Å². The molecular formula is C13H21NO2. The minimum absolute atomic E-state index is 0.0541.